The van der Waals surface area contributed by atoms with Crippen molar-refractivity contribution < 1.29 is 22.7 Å². The first-order chi connectivity index (χ1) is 10.3. The summed E-state index contributed by atoms with van der Waals surface area (Å²) in [5.41, 5.74) is -0.698. The topological polar surface area (TPSA) is 50.4 Å². The van der Waals surface area contributed by atoms with Crippen LogP contribution in [0.5, 0.6) is 0 Å². The Morgan fingerprint density at radius 1 is 1.32 bits per heavy atom. The lowest BCUT2D eigenvalue weighted by molar-refractivity contribution is -0.137. The number of carbonyl (C=O) groups is 1. The third-order valence-electron chi connectivity index (χ3n) is 2.65. The van der Waals surface area contributed by atoms with E-state index in [2.05, 4.69) is 10.6 Å². The molecule has 124 valence electrons. The van der Waals surface area contributed by atoms with E-state index >= 15 is 0 Å². The molecule has 4 nitrogen and oxygen atoms in total. The summed E-state index contributed by atoms with van der Waals surface area (Å²) in [5.74, 6) is 0.456. The van der Waals surface area contributed by atoms with Crippen LogP contribution in [-0.2, 0) is 10.9 Å². The summed E-state index contributed by atoms with van der Waals surface area (Å²) in [5, 5.41) is 4.94. The van der Waals surface area contributed by atoms with Gasteiger partial charge in [0.05, 0.1) is 5.56 Å². The fourth-order valence-corrected chi connectivity index (χ4v) is 1.64. The van der Waals surface area contributed by atoms with Crippen LogP contribution in [0.25, 0.3) is 0 Å². The Hall–Kier alpha value is -1.76. The number of carbonyl (C=O) groups excluding carboxylic acids is 1. The number of benzene rings is 1. The zero-order chi connectivity index (χ0) is 16.6. The number of nitrogens with one attached hydrogen (secondary N) is 2. The average Bonchev–Trinajstić information content (AvgIpc) is 2.41. The van der Waals surface area contributed by atoms with E-state index in [1.165, 1.54) is 12.1 Å². The molecule has 22 heavy (non-hydrogen) atoms. The molecule has 0 aliphatic carbocycles. The summed E-state index contributed by atoms with van der Waals surface area (Å²) in [4.78, 5) is 11.6. The summed E-state index contributed by atoms with van der Waals surface area (Å²) in [6, 6.07) is 3.96. The van der Waals surface area contributed by atoms with Crippen LogP contribution in [0.15, 0.2) is 24.3 Å². The monoisotopic (exact) mass is 318 g/mol. The highest BCUT2D eigenvalue weighted by molar-refractivity contribution is 5.89. The summed E-state index contributed by atoms with van der Waals surface area (Å²) in [7, 11) is 0. The van der Waals surface area contributed by atoms with Crippen LogP contribution in [0.1, 0.15) is 25.8 Å². The highest BCUT2D eigenvalue weighted by Gasteiger charge is 2.30. The summed E-state index contributed by atoms with van der Waals surface area (Å²) < 4.78 is 43.0. The van der Waals surface area contributed by atoms with Crippen molar-refractivity contribution in [2.75, 3.05) is 25.1 Å². The molecule has 0 fully saturated rings. The van der Waals surface area contributed by atoms with Gasteiger partial charge in [-0.3, -0.25) is 0 Å². The van der Waals surface area contributed by atoms with E-state index in [1.807, 2.05) is 13.8 Å². The molecule has 0 aliphatic rings. The Balaban J connectivity index is 2.31. The third kappa shape index (κ3) is 7.31. The first kappa shape index (κ1) is 18.3. The molecule has 1 aromatic rings. The minimum Gasteiger partial charge on any atom is -0.381 e. The van der Waals surface area contributed by atoms with E-state index in [0.717, 1.165) is 12.1 Å². The highest BCUT2D eigenvalue weighted by Crippen LogP contribution is 2.30. The van der Waals surface area contributed by atoms with Crippen LogP contribution in [0, 0.1) is 5.92 Å². The molecular formula is C15H21F3N2O2. The number of rotatable bonds is 7. The van der Waals surface area contributed by atoms with E-state index in [-0.39, 0.29) is 5.69 Å². The molecule has 1 aromatic carbocycles. The van der Waals surface area contributed by atoms with Crippen LogP contribution in [-0.4, -0.2) is 25.8 Å². The number of alkyl halides is 3. The maximum absolute atomic E-state index is 12.5. The van der Waals surface area contributed by atoms with Gasteiger partial charge in [-0.1, -0.05) is 19.9 Å². The molecule has 0 aromatic heterocycles. The van der Waals surface area contributed by atoms with Crippen molar-refractivity contribution in [1.29, 1.82) is 0 Å². The van der Waals surface area contributed by atoms with Gasteiger partial charge in [0.15, 0.2) is 0 Å². The predicted octanol–water partition coefficient (Wildman–Crippen LogP) is 3.89. The Labute approximate surface area is 128 Å². The molecular weight excluding hydrogens is 297 g/mol. The molecule has 0 spiro atoms. The number of halogens is 3. The van der Waals surface area contributed by atoms with Crippen molar-refractivity contribution in [1.82, 2.24) is 5.32 Å². The van der Waals surface area contributed by atoms with E-state index in [9.17, 15) is 18.0 Å². The Kier molecular flexibility index (Phi) is 7.17. The van der Waals surface area contributed by atoms with Gasteiger partial charge in [-0.05, 0) is 30.5 Å². The molecule has 0 atom stereocenters. The molecule has 7 heteroatoms. The van der Waals surface area contributed by atoms with Gasteiger partial charge >= 0.3 is 12.2 Å². The lowest BCUT2D eigenvalue weighted by Crippen LogP contribution is -2.30. The van der Waals surface area contributed by atoms with Gasteiger partial charge in [-0.2, -0.15) is 13.2 Å². The first-order valence-corrected chi connectivity index (χ1v) is 7.09. The molecule has 1 rings (SSSR count). The molecule has 0 saturated carbocycles. The van der Waals surface area contributed by atoms with Crippen molar-refractivity contribution >= 4 is 11.7 Å². The quantitative estimate of drug-likeness (QED) is 0.749. The maximum atomic E-state index is 12.5. The van der Waals surface area contributed by atoms with Gasteiger partial charge < -0.3 is 15.4 Å². The number of urea groups is 1. The predicted molar refractivity (Wildman–Crippen MR) is 78.7 cm³/mol. The lowest BCUT2D eigenvalue weighted by atomic mass is 10.2. The van der Waals surface area contributed by atoms with Gasteiger partial charge in [-0.15, -0.1) is 0 Å². The van der Waals surface area contributed by atoms with Crippen molar-refractivity contribution in [2.45, 2.75) is 26.4 Å². The zero-order valence-electron chi connectivity index (χ0n) is 12.7. The number of amides is 2. The minimum absolute atomic E-state index is 0.100. The molecule has 2 N–H and O–H groups in total. The third-order valence-corrected chi connectivity index (χ3v) is 2.65. The summed E-state index contributed by atoms with van der Waals surface area (Å²) in [6.45, 7) is 5.67. The lowest BCUT2D eigenvalue weighted by Gasteiger charge is -2.11. The van der Waals surface area contributed by atoms with E-state index in [1.54, 1.807) is 0 Å². The molecule has 0 saturated heterocycles. The van der Waals surface area contributed by atoms with E-state index < -0.39 is 17.8 Å². The highest BCUT2D eigenvalue weighted by atomic mass is 19.4. The standard InChI is InChI=1S/C15H21F3N2O2/c1-11(2)10-22-8-4-7-19-14(21)20-13-6-3-5-12(9-13)15(16,17)18/h3,5-6,9,11H,4,7-8,10H2,1-2H3,(H2,19,20,21). The number of anilines is 1. The Morgan fingerprint density at radius 3 is 2.68 bits per heavy atom. The van der Waals surface area contributed by atoms with Crippen LogP contribution in [0.3, 0.4) is 0 Å². The van der Waals surface area contributed by atoms with E-state index in [0.29, 0.717) is 32.1 Å². The fraction of sp³-hybridized carbons (Fsp3) is 0.533. The normalized spacial score (nSPS) is 11.5. The zero-order valence-corrected chi connectivity index (χ0v) is 12.7. The van der Waals surface area contributed by atoms with Gasteiger partial charge in [-0.25, -0.2) is 4.79 Å². The molecule has 0 heterocycles. The largest absolute Gasteiger partial charge is 0.416 e. The van der Waals surface area contributed by atoms with Crippen molar-refractivity contribution in [3.05, 3.63) is 29.8 Å². The van der Waals surface area contributed by atoms with Crippen LogP contribution in [0.4, 0.5) is 23.7 Å². The molecule has 0 bridgehead atoms. The molecule has 0 unspecified atom stereocenters. The minimum atomic E-state index is -4.43. The summed E-state index contributed by atoms with van der Waals surface area (Å²) in [6.07, 6.45) is -3.79. The van der Waals surface area contributed by atoms with Gasteiger partial charge in [0, 0.05) is 25.4 Å². The average molecular weight is 318 g/mol. The van der Waals surface area contributed by atoms with Gasteiger partial charge in [0.25, 0.3) is 0 Å². The molecule has 0 radical (unpaired) electrons. The number of hydrogen-bond acceptors (Lipinski definition) is 2. The first-order valence-electron chi connectivity index (χ1n) is 7.09. The number of ether oxygens (including phenoxy) is 1. The van der Waals surface area contributed by atoms with Crippen LogP contribution >= 0.6 is 0 Å². The maximum Gasteiger partial charge on any atom is 0.416 e. The smallest absolute Gasteiger partial charge is 0.381 e. The second-order valence-corrected chi connectivity index (χ2v) is 5.28. The molecule has 2 amide bonds. The Bertz CT molecular complexity index is 476. The van der Waals surface area contributed by atoms with Gasteiger partial charge in [0.2, 0.25) is 0 Å². The van der Waals surface area contributed by atoms with Crippen molar-refractivity contribution in [2.24, 2.45) is 5.92 Å². The fourth-order valence-electron chi connectivity index (χ4n) is 1.64. The second-order valence-electron chi connectivity index (χ2n) is 5.28. The second kappa shape index (κ2) is 8.63. The van der Waals surface area contributed by atoms with Crippen molar-refractivity contribution in [3.63, 3.8) is 0 Å². The van der Waals surface area contributed by atoms with Crippen LogP contribution < -0.4 is 10.6 Å². The summed E-state index contributed by atoms with van der Waals surface area (Å²) >= 11 is 0. The number of hydrogen-bond donors (Lipinski definition) is 2. The molecule has 0 aliphatic heterocycles. The Morgan fingerprint density at radius 2 is 2.05 bits per heavy atom. The van der Waals surface area contributed by atoms with Crippen molar-refractivity contribution in [3.8, 4) is 0 Å². The SMILES string of the molecule is CC(C)COCCCNC(=O)Nc1cccc(C(F)(F)F)c1. The van der Waals surface area contributed by atoms with Crippen LogP contribution in [0.2, 0.25) is 0 Å². The van der Waals surface area contributed by atoms with Gasteiger partial charge in [0.1, 0.15) is 0 Å². The van der Waals surface area contributed by atoms with E-state index in [4.69, 9.17) is 4.74 Å².